The van der Waals surface area contributed by atoms with Gasteiger partial charge in [-0.05, 0) is 31.6 Å². The van der Waals surface area contributed by atoms with E-state index in [-0.39, 0.29) is 5.41 Å². The number of fused-ring (bicyclic) bond motifs is 1. The number of terminal acetylenes is 1. The highest BCUT2D eigenvalue weighted by molar-refractivity contribution is 8.84. The zero-order valence-corrected chi connectivity index (χ0v) is 15.9. The zero-order chi connectivity index (χ0) is 15.2. The van der Waals surface area contributed by atoms with E-state index >= 15 is 0 Å². The monoisotopic (exact) mass is 311 g/mol. The van der Waals surface area contributed by atoms with Gasteiger partial charge in [-0.3, -0.25) is 0 Å². The van der Waals surface area contributed by atoms with Crippen molar-refractivity contribution in [1.29, 1.82) is 0 Å². The second-order valence-electron chi connectivity index (χ2n) is 7.47. The molecule has 2 fully saturated rings. The summed E-state index contributed by atoms with van der Waals surface area (Å²) in [4.78, 5) is 0. The summed E-state index contributed by atoms with van der Waals surface area (Å²) in [5, 5.41) is 0. The van der Waals surface area contributed by atoms with Gasteiger partial charge in [-0.15, -0.1) is 6.42 Å². The van der Waals surface area contributed by atoms with Crippen LogP contribution in [0.4, 0.5) is 0 Å². The number of hydrogen-bond donors (Lipinski definition) is 0. The number of hydrogen-bond acceptors (Lipinski definition) is 1. The highest BCUT2D eigenvalue weighted by Gasteiger charge is 3.01. The Morgan fingerprint density at radius 2 is 2.05 bits per heavy atom. The Hall–Kier alpha value is 0.340. The number of rotatable bonds is 8. The molecule has 2 rings (SSSR count). The fourth-order valence-electron chi connectivity index (χ4n) is 4.13. The molecule has 0 saturated carbocycles. The summed E-state index contributed by atoms with van der Waals surface area (Å²) in [7, 11) is 0. The molecule has 2 heteroatoms. The topological polar surface area (TPSA) is 0 Å². The van der Waals surface area contributed by atoms with Gasteiger partial charge in [0.15, 0.2) is 0 Å². The van der Waals surface area contributed by atoms with Gasteiger partial charge in [0.1, 0.15) is 12.1 Å². The van der Waals surface area contributed by atoms with Crippen LogP contribution in [0.5, 0.6) is 0 Å². The van der Waals surface area contributed by atoms with Gasteiger partial charge in [-0.2, -0.15) is 0 Å². The van der Waals surface area contributed by atoms with E-state index in [0.29, 0.717) is 11.8 Å². The third kappa shape index (κ3) is 2.27. The lowest BCUT2D eigenvalue weighted by molar-refractivity contribution is 0.174. The Bertz CT molecular complexity index is 412. The molecule has 0 radical (unpaired) electrons. The Labute approximate surface area is 131 Å². The van der Waals surface area contributed by atoms with E-state index in [4.69, 9.17) is 6.42 Å². The predicted octanol–water partition coefficient (Wildman–Crippen LogP) is 6.28. The second kappa shape index (κ2) is 5.52. The van der Waals surface area contributed by atoms with E-state index in [2.05, 4.69) is 58.6 Å². The van der Waals surface area contributed by atoms with Crippen LogP contribution in [0.15, 0.2) is 0 Å². The van der Waals surface area contributed by atoms with Crippen molar-refractivity contribution in [3.8, 4) is 12.3 Å². The summed E-state index contributed by atoms with van der Waals surface area (Å²) in [5.74, 6) is 4.46. The lowest BCUT2D eigenvalue weighted by atomic mass is 9.67. The molecule has 20 heavy (non-hydrogen) atoms. The van der Waals surface area contributed by atoms with E-state index in [1.54, 1.807) is 0 Å². The van der Waals surface area contributed by atoms with Crippen molar-refractivity contribution in [1.82, 2.24) is 0 Å². The Balaban J connectivity index is 2.02. The number of unbranched alkanes of at least 4 members (excludes halogenated alkanes) is 1. The minimum Gasteiger partial charge on any atom is -0.120 e. The molecule has 2 saturated heterocycles. The minimum absolute atomic E-state index is 0.0840. The molecule has 0 bridgehead atoms. The van der Waals surface area contributed by atoms with Crippen LogP contribution in [0.1, 0.15) is 66.7 Å². The van der Waals surface area contributed by atoms with Crippen LogP contribution in [0.25, 0.3) is 0 Å². The van der Waals surface area contributed by atoms with Crippen LogP contribution < -0.4 is 0 Å². The first-order valence-electron chi connectivity index (χ1n) is 8.37. The minimum atomic E-state index is -0.572. The van der Waals surface area contributed by atoms with Crippen molar-refractivity contribution < 1.29 is 0 Å². The van der Waals surface area contributed by atoms with E-state index in [1.807, 2.05) is 0 Å². The molecule has 0 aromatic rings. The van der Waals surface area contributed by atoms with Crippen LogP contribution >= 0.6 is 17.8 Å². The Morgan fingerprint density at radius 3 is 2.45 bits per heavy atom. The molecule has 114 valence electrons. The normalized spacial score (nSPS) is 38.8. The molecule has 0 N–H and O–H groups in total. The standard InChI is InChI=1S/C18H32PS/c1-8-11-12-18-16(19(18,7)20-18)13-15(9-2)17(6,10-3)14(4)5/h3,14-16H,8-9,11-13H2,1-2,4-7H3/q+1. The second-order valence-corrected chi connectivity index (χ2v) is 14.9. The summed E-state index contributed by atoms with van der Waals surface area (Å²) in [6.45, 7) is 13.6. The fourth-order valence-corrected chi connectivity index (χ4v) is 14.5. The molecule has 0 aromatic carbocycles. The van der Waals surface area contributed by atoms with Gasteiger partial charge in [0.2, 0.25) is 4.49 Å². The Morgan fingerprint density at radius 1 is 1.40 bits per heavy atom. The maximum absolute atomic E-state index is 5.93. The lowest BCUT2D eigenvalue weighted by Crippen LogP contribution is -2.33. The Kier molecular flexibility index (Phi) is 4.61. The van der Waals surface area contributed by atoms with Gasteiger partial charge < -0.3 is 0 Å². The van der Waals surface area contributed by atoms with Crippen molar-refractivity contribution in [2.24, 2.45) is 17.3 Å². The SMILES string of the molecule is C#CC(C)(C(C)C)C(CC)CC1C2(CCCC)S[P+]12C. The van der Waals surface area contributed by atoms with Crippen LogP contribution in [0, 0.1) is 29.6 Å². The average molecular weight is 311 g/mol. The highest BCUT2D eigenvalue weighted by Crippen LogP contribution is 3.19. The summed E-state index contributed by atoms with van der Waals surface area (Å²) in [6.07, 6.45) is 12.8. The first-order chi connectivity index (χ1) is 9.32. The predicted molar refractivity (Wildman–Crippen MR) is 96.7 cm³/mol. The first-order valence-corrected chi connectivity index (χ1v) is 12.1. The molecule has 2 aliphatic rings. The van der Waals surface area contributed by atoms with Gasteiger partial charge in [-0.25, -0.2) is 0 Å². The molecular weight excluding hydrogens is 279 g/mol. The molecule has 2 aliphatic heterocycles. The molecule has 0 aromatic heterocycles. The highest BCUT2D eigenvalue weighted by atomic mass is 32.8. The van der Waals surface area contributed by atoms with Crippen molar-refractivity contribution in [3.05, 3.63) is 0 Å². The van der Waals surface area contributed by atoms with Crippen LogP contribution in [0.3, 0.4) is 0 Å². The molecule has 2 heterocycles. The maximum Gasteiger partial charge on any atom is 0.207 e. The largest absolute Gasteiger partial charge is 0.207 e. The quantitative estimate of drug-likeness (QED) is 0.289. The fraction of sp³-hybridized carbons (Fsp3) is 0.889. The van der Waals surface area contributed by atoms with Crippen molar-refractivity contribution in [2.45, 2.75) is 76.9 Å². The van der Waals surface area contributed by atoms with Gasteiger partial charge in [-0.1, -0.05) is 46.5 Å². The zero-order valence-electron chi connectivity index (χ0n) is 14.2. The molecular formula is C18H32PS+. The van der Waals surface area contributed by atoms with Crippen molar-refractivity contribution in [3.63, 3.8) is 0 Å². The summed E-state index contributed by atoms with van der Waals surface area (Å²) < 4.78 is 0.767. The third-order valence-electron chi connectivity index (χ3n) is 6.36. The van der Waals surface area contributed by atoms with Crippen molar-refractivity contribution in [2.75, 3.05) is 6.66 Å². The molecule has 5 unspecified atom stereocenters. The smallest absolute Gasteiger partial charge is 0.120 e. The molecule has 0 amide bonds. The van der Waals surface area contributed by atoms with Gasteiger partial charge >= 0.3 is 0 Å². The first kappa shape index (κ1) is 16.7. The summed E-state index contributed by atoms with van der Waals surface area (Å²) >= 11 is 2.36. The molecule has 0 aliphatic carbocycles. The van der Waals surface area contributed by atoms with Gasteiger partial charge in [0, 0.05) is 11.8 Å². The van der Waals surface area contributed by atoms with E-state index in [1.165, 1.54) is 32.1 Å². The average Bonchev–Trinajstić information content (AvgIpc) is 3.19. The molecule has 0 nitrogen and oxygen atoms in total. The molecule has 5 atom stereocenters. The van der Waals surface area contributed by atoms with Crippen LogP contribution in [-0.2, 0) is 0 Å². The summed E-state index contributed by atoms with van der Waals surface area (Å²) in [6, 6.07) is 0. The van der Waals surface area contributed by atoms with Crippen molar-refractivity contribution >= 4 is 17.8 Å². The lowest BCUT2D eigenvalue weighted by Gasteiger charge is -2.36. The van der Waals surface area contributed by atoms with E-state index < -0.39 is 6.46 Å². The van der Waals surface area contributed by atoms with E-state index in [0.717, 1.165) is 10.1 Å². The maximum atomic E-state index is 5.93. The molecule has 0 spiro atoms. The van der Waals surface area contributed by atoms with Crippen LogP contribution in [0.2, 0.25) is 0 Å². The van der Waals surface area contributed by atoms with Crippen LogP contribution in [-0.4, -0.2) is 16.8 Å². The third-order valence-corrected chi connectivity index (χ3v) is 15.7. The van der Waals surface area contributed by atoms with Gasteiger partial charge in [0.05, 0.1) is 18.0 Å². The summed E-state index contributed by atoms with van der Waals surface area (Å²) in [5.41, 5.74) is 1.13. The van der Waals surface area contributed by atoms with Gasteiger partial charge in [0.25, 0.3) is 0 Å². The van der Waals surface area contributed by atoms with E-state index in [9.17, 15) is 0 Å².